The van der Waals surface area contributed by atoms with Crippen LogP contribution in [0.25, 0.3) is 0 Å². The molecule has 1 unspecified atom stereocenters. The molecule has 1 saturated heterocycles. The summed E-state index contributed by atoms with van der Waals surface area (Å²) < 4.78 is 37.8. The number of nitrogens with zero attached hydrogens (tertiary/aromatic N) is 1. The van der Waals surface area contributed by atoms with E-state index in [2.05, 4.69) is 31.2 Å². The molecule has 1 atom stereocenters. The first-order valence-corrected chi connectivity index (χ1v) is 9.33. The summed E-state index contributed by atoms with van der Waals surface area (Å²) >= 11 is 0. The zero-order valence-electron chi connectivity index (χ0n) is 15.4. The number of carbonyl (C=O) groups excluding carboxylic acids is 1. The number of carbonyl (C=O) groups is 1. The molecule has 5 heteroatoms. The van der Waals surface area contributed by atoms with Gasteiger partial charge in [-0.1, -0.05) is 42.0 Å². The average Bonchev–Trinajstić information content (AvgIpc) is 2.66. The molecule has 1 amide bonds. The minimum absolute atomic E-state index is 0.0757. The minimum atomic E-state index is -4.33. The van der Waals surface area contributed by atoms with Crippen molar-refractivity contribution >= 4 is 5.91 Å². The smallest absolute Gasteiger partial charge is 0.342 e. The van der Waals surface area contributed by atoms with E-state index in [1.165, 1.54) is 23.3 Å². The molecule has 1 heterocycles. The fraction of sp³-hybridized carbons (Fsp3) is 0.409. The summed E-state index contributed by atoms with van der Waals surface area (Å²) in [7, 11) is 0. The van der Waals surface area contributed by atoms with Crippen LogP contribution in [0.1, 0.15) is 47.4 Å². The topological polar surface area (TPSA) is 20.3 Å². The summed E-state index contributed by atoms with van der Waals surface area (Å²) in [6.07, 6.45) is -1.49. The maximum atomic E-state index is 12.6. The van der Waals surface area contributed by atoms with E-state index in [0.29, 0.717) is 18.8 Å². The Labute approximate surface area is 158 Å². The lowest BCUT2D eigenvalue weighted by Crippen LogP contribution is -2.39. The van der Waals surface area contributed by atoms with Gasteiger partial charge in [-0.3, -0.25) is 4.79 Å². The second kappa shape index (κ2) is 8.15. The molecule has 144 valence electrons. The minimum Gasteiger partial charge on any atom is -0.342 e. The molecule has 1 aliphatic rings. The van der Waals surface area contributed by atoms with Crippen molar-refractivity contribution < 1.29 is 18.0 Å². The van der Waals surface area contributed by atoms with Gasteiger partial charge in [0, 0.05) is 25.4 Å². The van der Waals surface area contributed by atoms with Crippen molar-refractivity contribution in [1.82, 2.24) is 4.90 Å². The molecule has 0 N–H and O–H groups in total. The largest absolute Gasteiger partial charge is 0.416 e. The van der Waals surface area contributed by atoms with Crippen LogP contribution in [-0.2, 0) is 17.4 Å². The van der Waals surface area contributed by atoms with Gasteiger partial charge < -0.3 is 4.90 Å². The summed E-state index contributed by atoms with van der Waals surface area (Å²) in [6.45, 7) is 3.53. The lowest BCUT2D eigenvalue weighted by Gasteiger charge is -2.33. The number of hydrogen-bond acceptors (Lipinski definition) is 1. The predicted octanol–water partition coefficient (Wildman–Crippen LogP) is 5.35. The standard InChI is InChI=1S/C22H24F3NO/c1-16-4-9-18(10-5-16)19-3-2-14-26(15-19)21(27)13-8-17-6-11-20(12-7-17)22(23,24)25/h4-7,9-12,19H,2-3,8,13-15H2,1H3. The van der Waals surface area contributed by atoms with E-state index in [-0.39, 0.29) is 5.91 Å². The number of alkyl halides is 3. The third-order valence-electron chi connectivity index (χ3n) is 5.23. The first-order chi connectivity index (χ1) is 12.8. The number of aryl methyl sites for hydroxylation is 2. The molecule has 0 aliphatic carbocycles. The predicted molar refractivity (Wildman–Crippen MR) is 99.5 cm³/mol. The molecule has 1 fully saturated rings. The number of rotatable bonds is 4. The maximum absolute atomic E-state index is 12.6. The highest BCUT2D eigenvalue weighted by Gasteiger charge is 2.30. The van der Waals surface area contributed by atoms with E-state index < -0.39 is 11.7 Å². The second-order valence-electron chi connectivity index (χ2n) is 7.28. The van der Waals surface area contributed by atoms with Crippen molar-refractivity contribution in [2.45, 2.75) is 44.7 Å². The Morgan fingerprint density at radius 1 is 1.07 bits per heavy atom. The number of halogens is 3. The van der Waals surface area contributed by atoms with Gasteiger partial charge in [0.1, 0.15) is 0 Å². The summed E-state index contributed by atoms with van der Waals surface area (Å²) in [5.74, 6) is 0.432. The molecule has 2 nitrogen and oxygen atoms in total. The Morgan fingerprint density at radius 3 is 2.37 bits per heavy atom. The van der Waals surface area contributed by atoms with Crippen LogP contribution in [0.5, 0.6) is 0 Å². The van der Waals surface area contributed by atoms with E-state index >= 15 is 0 Å². The molecule has 27 heavy (non-hydrogen) atoms. The van der Waals surface area contributed by atoms with Gasteiger partial charge in [-0.05, 0) is 49.4 Å². The Hall–Kier alpha value is -2.30. The Kier molecular flexibility index (Phi) is 5.88. The summed E-state index contributed by atoms with van der Waals surface area (Å²) in [5, 5.41) is 0. The van der Waals surface area contributed by atoms with Gasteiger partial charge in [-0.15, -0.1) is 0 Å². The van der Waals surface area contributed by atoms with Crippen molar-refractivity contribution in [3.63, 3.8) is 0 Å². The molecule has 2 aromatic carbocycles. The molecule has 0 bridgehead atoms. The van der Waals surface area contributed by atoms with Crippen LogP contribution in [0.15, 0.2) is 48.5 Å². The summed E-state index contributed by atoms with van der Waals surface area (Å²) in [6, 6.07) is 13.5. The normalized spacial score (nSPS) is 17.8. The average molecular weight is 375 g/mol. The zero-order chi connectivity index (χ0) is 19.4. The maximum Gasteiger partial charge on any atom is 0.416 e. The van der Waals surface area contributed by atoms with Crippen LogP contribution in [0.4, 0.5) is 13.2 Å². The molecule has 2 aromatic rings. The highest BCUT2D eigenvalue weighted by Crippen LogP contribution is 2.30. The number of hydrogen-bond donors (Lipinski definition) is 0. The fourth-order valence-corrected chi connectivity index (χ4v) is 3.58. The number of benzene rings is 2. The molecular weight excluding hydrogens is 351 g/mol. The van der Waals surface area contributed by atoms with E-state index in [0.717, 1.165) is 43.6 Å². The Morgan fingerprint density at radius 2 is 1.74 bits per heavy atom. The van der Waals surface area contributed by atoms with Gasteiger partial charge in [0.2, 0.25) is 5.91 Å². The zero-order valence-corrected chi connectivity index (χ0v) is 15.4. The van der Waals surface area contributed by atoms with Gasteiger partial charge in [0.05, 0.1) is 5.56 Å². The van der Waals surface area contributed by atoms with Crippen molar-refractivity contribution in [2.24, 2.45) is 0 Å². The molecule has 0 saturated carbocycles. The molecule has 0 spiro atoms. The Bertz CT molecular complexity index is 766. The van der Waals surface area contributed by atoms with Crippen LogP contribution >= 0.6 is 0 Å². The van der Waals surface area contributed by atoms with Crippen LogP contribution in [-0.4, -0.2) is 23.9 Å². The fourth-order valence-electron chi connectivity index (χ4n) is 3.58. The van der Waals surface area contributed by atoms with Gasteiger partial charge >= 0.3 is 6.18 Å². The lowest BCUT2D eigenvalue weighted by atomic mass is 9.90. The number of amides is 1. The van der Waals surface area contributed by atoms with Crippen molar-refractivity contribution in [1.29, 1.82) is 0 Å². The van der Waals surface area contributed by atoms with Crippen LogP contribution < -0.4 is 0 Å². The number of likely N-dealkylation sites (tertiary alicyclic amines) is 1. The van der Waals surface area contributed by atoms with E-state index in [9.17, 15) is 18.0 Å². The molecular formula is C22H24F3NO. The van der Waals surface area contributed by atoms with E-state index in [1.54, 1.807) is 0 Å². The second-order valence-corrected chi connectivity index (χ2v) is 7.28. The van der Waals surface area contributed by atoms with Crippen molar-refractivity contribution in [2.75, 3.05) is 13.1 Å². The van der Waals surface area contributed by atoms with Crippen LogP contribution in [0, 0.1) is 6.92 Å². The number of piperidine rings is 1. The highest BCUT2D eigenvalue weighted by molar-refractivity contribution is 5.76. The highest BCUT2D eigenvalue weighted by atomic mass is 19.4. The van der Waals surface area contributed by atoms with Gasteiger partial charge in [0.25, 0.3) is 0 Å². The first-order valence-electron chi connectivity index (χ1n) is 9.33. The van der Waals surface area contributed by atoms with Crippen LogP contribution in [0.3, 0.4) is 0 Å². The van der Waals surface area contributed by atoms with Gasteiger partial charge in [-0.2, -0.15) is 13.2 Å². The lowest BCUT2D eigenvalue weighted by molar-refractivity contribution is -0.137. The Balaban J connectivity index is 1.55. The molecule has 0 aromatic heterocycles. The van der Waals surface area contributed by atoms with E-state index in [4.69, 9.17) is 0 Å². The molecule has 0 radical (unpaired) electrons. The van der Waals surface area contributed by atoms with Crippen LogP contribution in [0.2, 0.25) is 0 Å². The van der Waals surface area contributed by atoms with Crippen molar-refractivity contribution in [3.05, 3.63) is 70.8 Å². The monoisotopic (exact) mass is 375 g/mol. The molecule has 1 aliphatic heterocycles. The summed E-state index contributed by atoms with van der Waals surface area (Å²) in [4.78, 5) is 14.5. The third kappa shape index (κ3) is 5.12. The third-order valence-corrected chi connectivity index (χ3v) is 5.23. The quantitative estimate of drug-likeness (QED) is 0.705. The summed E-state index contributed by atoms with van der Waals surface area (Å²) in [5.41, 5.74) is 2.58. The van der Waals surface area contributed by atoms with Gasteiger partial charge in [0.15, 0.2) is 0 Å². The molecule has 3 rings (SSSR count). The SMILES string of the molecule is Cc1ccc(C2CCCN(C(=O)CCc3ccc(C(F)(F)F)cc3)C2)cc1. The van der Waals surface area contributed by atoms with Gasteiger partial charge in [-0.25, -0.2) is 0 Å². The van der Waals surface area contributed by atoms with Crippen molar-refractivity contribution in [3.8, 4) is 0 Å². The van der Waals surface area contributed by atoms with E-state index in [1.807, 2.05) is 4.90 Å². The first kappa shape index (κ1) is 19.5.